The van der Waals surface area contributed by atoms with Gasteiger partial charge in [-0.3, -0.25) is 25.0 Å². The summed E-state index contributed by atoms with van der Waals surface area (Å²) in [5.41, 5.74) is 2.03. The number of rotatable bonds is 11. The molecule has 0 aliphatic heterocycles. The van der Waals surface area contributed by atoms with Crippen molar-refractivity contribution in [3.8, 4) is 0 Å². The molecule has 204 valence electrons. The third-order valence-electron chi connectivity index (χ3n) is 6.96. The van der Waals surface area contributed by atoms with Crippen molar-refractivity contribution in [1.82, 2.24) is 5.32 Å². The van der Waals surface area contributed by atoms with Gasteiger partial charge in [-0.25, -0.2) is 0 Å². The molecule has 1 unspecified atom stereocenters. The zero-order chi connectivity index (χ0) is 28.5. The molecule has 0 aliphatic rings. The van der Waals surface area contributed by atoms with Crippen LogP contribution in [0.2, 0.25) is 0 Å². The first-order valence-corrected chi connectivity index (χ1v) is 12.7. The molecule has 4 aromatic rings. The molecule has 0 aliphatic carbocycles. The Morgan fingerprint density at radius 1 is 0.725 bits per heavy atom. The van der Waals surface area contributed by atoms with Gasteiger partial charge in [0.2, 0.25) is 0 Å². The van der Waals surface area contributed by atoms with Crippen LogP contribution in [0.3, 0.4) is 0 Å². The number of methoxy groups -OCH3 is 2. The maximum Gasteiger partial charge on any atom is 0.323 e. The monoisotopic (exact) mass is 538 g/mol. The number of carbonyl (C=O) groups excluding carboxylic acids is 2. The molecule has 0 bridgehead atoms. The summed E-state index contributed by atoms with van der Waals surface area (Å²) in [6, 6.07) is 33.7. The second-order valence-corrected chi connectivity index (χ2v) is 9.25. The Labute approximate surface area is 232 Å². The van der Waals surface area contributed by atoms with Gasteiger partial charge in [0.1, 0.15) is 6.04 Å². The Kier molecular flexibility index (Phi) is 9.04. The standard InChI is InChI=1S/C32H30N2O6/c1-39-30(35)28(22-23-18-20-27(21-19-23)34(37)38)29(31(36)40-2)33-32(24-12-6-3-7-13-24,25-14-8-4-9-15-25)26-16-10-5-11-17-26/h3-21,28-29,33H,22H2,1-2H3/t28?,29-/m0/s1. The van der Waals surface area contributed by atoms with Gasteiger partial charge in [0.15, 0.2) is 0 Å². The molecule has 4 rings (SSSR count). The van der Waals surface area contributed by atoms with E-state index in [1.807, 2.05) is 91.0 Å². The summed E-state index contributed by atoms with van der Waals surface area (Å²) in [5, 5.41) is 14.7. The Morgan fingerprint density at radius 2 is 1.15 bits per heavy atom. The molecule has 0 fully saturated rings. The van der Waals surface area contributed by atoms with E-state index in [0.29, 0.717) is 5.56 Å². The topological polar surface area (TPSA) is 108 Å². The van der Waals surface area contributed by atoms with Gasteiger partial charge in [-0.1, -0.05) is 103 Å². The number of benzene rings is 4. The van der Waals surface area contributed by atoms with Crippen molar-refractivity contribution in [1.29, 1.82) is 0 Å². The molecule has 0 amide bonds. The normalized spacial score (nSPS) is 12.7. The second-order valence-electron chi connectivity index (χ2n) is 9.25. The van der Waals surface area contributed by atoms with Crippen LogP contribution in [0.15, 0.2) is 115 Å². The minimum atomic E-state index is -1.16. The van der Waals surface area contributed by atoms with Gasteiger partial charge in [-0.15, -0.1) is 0 Å². The fourth-order valence-corrected chi connectivity index (χ4v) is 4.99. The number of hydrogen-bond donors (Lipinski definition) is 1. The smallest absolute Gasteiger partial charge is 0.323 e. The van der Waals surface area contributed by atoms with E-state index in [2.05, 4.69) is 5.32 Å². The number of nitro groups is 1. The van der Waals surface area contributed by atoms with E-state index in [-0.39, 0.29) is 12.1 Å². The zero-order valence-corrected chi connectivity index (χ0v) is 22.2. The lowest BCUT2D eigenvalue weighted by Crippen LogP contribution is -2.57. The summed E-state index contributed by atoms with van der Waals surface area (Å²) in [5.74, 6) is -2.29. The van der Waals surface area contributed by atoms with Crippen molar-refractivity contribution in [2.75, 3.05) is 14.2 Å². The summed E-state index contributed by atoms with van der Waals surface area (Å²) >= 11 is 0. The first-order chi connectivity index (χ1) is 19.4. The lowest BCUT2D eigenvalue weighted by Gasteiger charge is -2.41. The first kappa shape index (κ1) is 28.2. The number of ether oxygens (including phenoxy) is 2. The Morgan fingerprint density at radius 3 is 1.52 bits per heavy atom. The number of hydrogen-bond acceptors (Lipinski definition) is 7. The number of esters is 2. The Balaban J connectivity index is 1.90. The Bertz CT molecular complexity index is 1330. The largest absolute Gasteiger partial charge is 0.469 e. The Hall–Kier alpha value is -4.82. The van der Waals surface area contributed by atoms with Gasteiger partial charge < -0.3 is 9.47 Å². The number of non-ortho nitro benzene ring substituents is 1. The van der Waals surface area contributed by atoms with Crippen LogP contribution >= 0.6 is 0 Å². The van der Waals surface area contributed by atoms with E-state index in [9.17, 15) is 19.7 Å². The average Bonchev–Trinajstić information content (AvgIpc) is 3.01. The molecule has 0 aromatic heterocycles. The van der Waals surface area contributed by atoms with Crippen LogP contribution in [0.5, 0.6) is 0 Å². The highest BCUT2D eigenvalue weighted by Gasteiger charge is 2.45. The fraction of sp³-hybridized carbons (Fsp3) is 0.188. The minimum Gasteiger partial charge on any atom is -0.469 e. The quantitative estimate of drug-likeness (QED) is 0.123. The molecule has 0 radical (unpaired) electrons. The van der Waals surface area contributed by atoms with Crippen LogP contribution in [0.4, 0.5) is 5.69 Å². The van der Waals surface area contributed by atoms with E-state index < -0.39 is 34.4 Å². The van der Waals surface area contributed by atoms with E-state index in [0.717, 1.165) is 16.7 Å². The summed E-state index contributed by atoms with van der Waals surface area (Å²) in [7, 11) is 2.53. The summed E-state index contributed by atoms with van der Waals surface area (Å²) in [4.78, 5) is 37.4. The van der Waals surface area contributed by atoms with Crippen molar-refractivity contribution in [2.45, 2.75) is 18.0 Å². The first-order valence-electron chi connectivity index (χ1n) is 12.7. The molecule has 2 atom stereocenters. The van der Waals surface area contributed by atoms with E-state index >= 15 is 0 Å². The van der Waals surface area contributed by atoms with Crippen molar-refractivity contribution >= 4 is 17.6 Å². The maximum atomic E-state index is 13.5. The number of nitro benzene ring substituents is 1. The highest BCUT2D eigenvalue weighted by atomic mass is 16.6. The highest BCUT2D eigenvalue weighted by molar-refractivity contribution is 5.85. The maximum absolute atomic E-state index is 13.5. The van der Waals surface area contributed by atoms with Crippen molar-refractivity contribution in [3.05, 3.63) is 148 Å². The number of nitrogens with zero attached hydrogens (tertiary/aromatic N) is 1. The molecule has 8 heteroatoms. The van der Waals surface area contributed by atoms with Crippen LogP contribution in [0.25, 0.3) is 0 Å². The predicted octanol–water partition coefficient (Wildman–Crippen LogP) is 5.05. The highest BCUT2D eigenvalue weighted by Crippen LogP contribution is 2.38. The van der Waals surface area contributed by atoms with Crippen LogP contribution in [0, 0.1) is 16.0 Å². The number of nitrogens with one attached hydrogen (secondary N) is 1. The third kappa shape index (κ3) is 5.92. The molecular formula is C32H30N2O6. The SMILES string of the molecule is COC(=O)C(Cc1ccc([N+](=O)[O-])cc1)[C@H](NC(c1ccccc1)(c1ccccc1)c1ccccc1)C(=O)OC. The summed E-state index contributed by atoms with van der Waals surface area (Å²) < 4.78 is 10.4. The minimum absolute atomic E-state index is 0.0720. The molecule has 4 aromatic carbocycles. The van der Waals surface area contributed by atoms with E-state index in [1.54, 1.807) is 12.1 Å². The van der Waals surface area contributed by atoms with Gasteiger partial charge in [-0.05, 0) is 28.7 Å². The zero-order valence-electron chi connectivity index (χ0n) is 22.2. The molecule has 0 saturated carbocycles. The van der Waals surface area contributed by atoms with E-state index in [4.69, 9.17) is 9.47 Å². The molecule has 0 spiro atoms. The van der Waals surface area contributed by atoms with Gasteiger partial charge in [0, 0.05) is 12.1 Å². The summed E-state index contributed by atoms with van der Waals surface area (Å²) in [6.07, 6.45) is 0.0753. The second kappa shape index (κ2) is 12.8. The molecule has 0 saturated heterocycles. The molecule has 1 N–H and O–H groups in total. The van der Waals surface area contributed by atoms with Gasteiger partial charge in [0.05, 0.1) is 30.6 Å². The summed E-state index contributed by atoms with van der Waals surface area (Å²) in [6.45, 7) is 0. The molecule has 8 nitrogen and oxygen atoms in total. The van der Waals surface area contributed by atoms with Crippen molar-refractivity contribution < 1.29 is 24.0 Å². The van der Waals surface area contributed by atoms with Crippen LogP contribution in [-0.4, -0.2) is 37.1 Å². The number of carbonyl (C=O) groups is 2. The molecular weight excluding hydrogens is 508 g/mol. The predicted molar refractivity (Wildman–Crippen MR) is 150 cm³/mol. The lowest BCUT2D eigenvalue weighted by atomic mass is 9.75. The van der Waals surface area contributed by atoms with Gasteiger partial charge >= 0.3 is 11.9 Å². The lowest BCUT2D eigenvalue weighted by molar-refractivity contribution is -0.384. The molecule has 40 heavy (non-hydrogen) atoms. The van der Waals surface area contributed by atoms with Gasteiger partial charge in [0.25, 0.3) is 5.69 Å². The molecule has 0 heterocycles. The third-order valence-corrected chi connectivity index (χ3v) is 6.96. The van der Waals surface area contributed by atoms with Crippen LogP contribution in [0.1, 0.15) is 22.3 Å². The van der Waals surface area contributed by atoms with E-state index in [1.165, 1.54) is 26.4 Å². The van der Waals surface area contributed by atoms with Crippen LogP contribution < -0.4 is 5.32 Å². The van der Waals surface area contributed by atoms with Crippen molar-refractivity contribution in [3.63, 3.8) is 0 Å². The van der Waals surface area contributed by atoms with Crippen LogP contribution in [-0.2, 0) is 31.0 Å². The van der Waals surface area contributed by atoms with Gasteiger partial charge in [-0.2, -0.15) is 0 Å². The fourth-order valence-electron chi connectivity index (χ4n) is 4.99. The average molecular weight is 539 g/mol. The van der Waals surface area contributed by atoms with Crippen molar-refractivity contribution in [2.24, 2.45) is 5.92 Å².